The number of hydrogen-bond donors (Lipinski definition) is 1. The third-order valence-corrected chi connectivity index (χ3v) is 6.49. The van der Waals surface area contributed by atoms with E-state index in [4.69, 9.17) is 0 Å². The zero-order chi connectivity index (χ0) is 18.6. The number of amides is 1. The van der Waals surface area contributed by atoms with Gasteiger partial charge >= 0.3 is 0 Å². The topological polar surface area (TPSA) is 84.3 Å². The molecule has 1 aliphatic rings. The van der Waals surface area contributed by atoms with E-state index in [1.54, 1.807) is 33.4 Å². The van der Waals surface area contributed by atoms with Gasteiger partial charge in [0.15, 0.2) is 0 Å². The minimum atomic E-state index is -3.50. The fourth-order valence-electron chi connectivity index (χ4n) is 3.09. The Labute approximate surface area is 154 Å². The third-order valence-electron chi connectivity index (χ3n) is 4.58. The van der Waals surface area contributed by atoms with Crippen LogP contribution in [-0.4, -0.2) is 41.5 Å². The largest absolute Gasteiger partial charge is 0.307 e. The number of carbonyl (C=O) groups is 1. The van der Waals surface area contributed by atoms with Crippen LogP contribution >= 0.6 is 0 Å². The summed E-state index contributed by atoms with van der Waals surface area (Å²) < 4.78 is 28.8. The standard InChI is InChI=1S/C18H24N4O3S/c1-2-22-17(11-12-19-22)20-18(23)15-7-9-16(10-8-15)26(24,25)21-13-5-3-4-6-14-21/h7-12H,2-6,13-14H2,1H3,(H,20,23). The zero-order valence-electron chi connectivity index (χ0n) is 14.9. The number of aryl methyl sites for hydroxylation is 1. The molecule has 1 aliphatic heterocycles. The van der Waals surface area contributed by atoms with E-state index in [9.17, 15) is 13.2 Å². The molecule has 1 saturated heterocycles. The molecule has 140 valence electrons. The highest BCUT2D eigenvalue weighted by atomic mass is 32.2. The summed E-state index contributed by atoms with van der Waals surface area (Å²) in [5.41, 5.74) is 0.406. The van der Waals surface area contributed by atoms with Gasteiger partial charge in [-0.05, 0) is 44.0 Å². The predicted molar refractivity (Wildman–Crippen MR) is 99.5 cm³/mol. The summed E-state index contributed by atoms with van der Waals surface area (Å²) in [7, 11) is -3.50. The lowest BCUT2D eigenvalue weighted by molar-refractivity contribution is 0.102. The van der Waals surface area contributed by atoms with Crippen molar-refractivity contribution in [3.05, 3.63) is 42.1 Å². The maximum Gasteiger partial charge on any atom is 0.256 e. The molecule has 0 saturated carbocycles. The summed E-state index contributed by atoms with van der Waals surface area (Å²) in [4.78, 5) is 12.6. The molecule has 2 aromatic rings. The van der Waals surface area contributed by atoms with Crippen LogP contribution in [0.15, 0.2) is 41.4 Å². The molecule has 0 spiro atoms. The summed E-state index contributed by atoms with van der Waals surface area (Å²) in [6.07, 6.45) is 5.55. The number of rotatable bonds is 5. The Bertz CT molecular complexity index is 851. The van der Waals surface area contributed by atoms with Gasteiger partial charge < -0.3 is 5.32 Å². The highest BCUT2D eigenvalue weighted by molar-refractivity contribution is 7.89. The Morgan fingerprint density at radius 2 is 1.73 bits per heavy atom. The Morgan fingerprint density at radius 1 is 1.08 bits per heavy atom. The molecule has 1 N–H and O–H groups in total. The van der Waals surface area contributed by atoms with E-state index < -0.39 is 10.0 Å². The van der Waals surface area contributed by atoms with Gasteiger partial charge in [0.05, 0.1) is 11.1 Å². The Kier molecular flexibility index (Phi) is 5.73. The number of hydrogen-bond acceptors (Lipinski definition) is 4. The monoisotopic (exact) mass is 376 g/mol. The maximum atomic E-state index is 12.8. The smallest absolute Gasteiger partial charge is 0.256 e. The molecule has 0 bridgehead atoms. The van der Waals surface area contributed by atoms with Gasteiger partial charge in [-0.1, -0.05) is 12.8 Å². The second-order valence-corrected chi connectivity index (χ2v) is 8.27. The number of carbonyl (C=O) groups excluding carboxylic acids is 1. The Morgan fingerprint density at radius 3 is 2.35 bits per heavy atom. The lowest BCUT2D eigenvalue weighted by atomic mass is 10.2. The second kappa shape index (κ2) is 8.01. The van der Waals surface area contributed by atoms with E-state index in [0.29, 0.717) is 31.0 Å². The van der Waals surface area contributed by atoms with E-state index in [2.05, 4.69) is 10.4 Å². The maximum absolute atomic E-state index is 12.8. The number of benzene rings is 1. The molecule has 0 aliphatic carbocycles. The molecule has 2 heterocycles. The fraction of sp³-hybridized carbons (Fsp3) is 0.444. The fourth-order valence-corrected chi connectivity index (χ4v) is 4.61. The Balaban J connectivity index is 1.74. The van der Waals surface area contributed by atoms with Crippen LogP contribution in [0.2, 0.25) is 0 Å². The molecule has 0 atom stereocenters. The van der Waals surface area contributed by atoms with Crippen LogP contribution < -0.4 is 5.32 Å². The molecule has 0 unspecified atom stereocenters. The molecule has 1 aromatic carbocycles. The molecule has 8 heteroatoms. The van der Waals surface area contributed by atoms with Crippen LogP contribution in [0.1, 0.15) is 43.0 Å². The number of anilines is 1. The van der Waals surface area contributed by atoms with Crippen molar-refractivity contribution in [3.8, 4) is 0 Å². The Hall–Kier alpha value is -2.19. The quantitative estimate of drug-likeness (QED) is 0.869. The van der Waals surface area contributed by atoms with E-state index in [1.807, 2.05) is 6.92 Å². The normalized spacial score (nSPS) is 16.2. The van der Waals surface area contributed by atoms with Gasteiger partial charge in [0.2, 0.25) is 10.0 Å². The summed E-state index contributed by atoms with van der Waals surface area (Å²) >= 11 is 0. The number of sulfonamides is 1. The lowest BCUT2D eigenvalue weighted by Crippen LogP contribution is -2.31. The molecule has 1 amide bonds. The molecule has 7 nitrogen and oxygen atoms in total. The van der Waals surface area contributed by atoms with Gasteiger partial charge in [-0.2, -0.15) is 9.40 Å². The van der Waals surface area contributed by atoms with Crippen molar-refractivity contribution in [1.29, 1.82) is 0 Å². The van der Waals surface area contributed by atoms with Crippen molar-refractivity contribution in [3.63, 3.8) is 0 Å². The van der Waals surface area contributed by atoms with Gasteiger partial charge in [0, 0.05) is 31.3 Å². The van der Waals surface area contributed by atoms with Crippen LogP contribution in [0.4, 0.5) is 5.82 Å². The van der Waals surface area contributed by atoms with E-state index >= 15 is 0 Å². The minimum Gasteiger partial charge on any atom is -0.307 e. The average Bonchev–Trinajstić information content (AvgIpc) is 2.91. The highest BCUT2D eigenvalue weighted by Crippen LogP contribution is 2.21. The van der Waals surface area contributed by atoms with Crippen LogP contribution in [0.25, 0.3) is 0 Å². The van der Waals surface area contributed by atoms with Gasteiger partial charge in [-0.25, -0.2) is 13.1 Å². The van der Waals surface area contributed by atoms with Crippen molar-refractivity contribution in [2.45, 2.75) is 44.0 Å². The molecule has 1 fully saturated rings. The molecule has 26 heavy (non-hydrogen) atoms. The van der Waals surface area contributed by atoms with E-state index in [0.717, 1.165) is 25.7 Å². The first-order valence-electron chi connectivity index (χ1n) is 8.96. The predicted octanol–water partition coefficient (Wildman–Crippen LogP) is 2.72. The summed E-state index contributed by atoms with van der Waals surface area (Å²) in [6.45, 7) is 3.71. The van der Waals surface area contributed by atoms with Crippen molar-refractivity contribution in [2.75, 3.05) is 18.4 Å². The van der Waals surface area contributed by atoms with Gasteiger partial charge in [-0.15, -0.1) is 0 Å². The second-order valence-electron chi connectivity index (χ2n) is 6.33. The minimum absolute atomic E-state index is 0.231. The summed E-state index contributed by atoms with van der Waals surface area (Å²) in [5.74, 6) is 0.317. The molecule has 3 rings (SSSR count). The molecule has 1 aromatic heterocycles. The highest BCUT2D eigenvalue weighted by Gasteiger charge is 2.25. The zero-order valence-corrected chi connectivity index (χ0v) is 15.7. The van der Waals surface area contributed by atoms with Crippen LogP contribution in [0, 0.1) is 0 Å². The first-order valence-corrected chi connectivity index (χ1v) is 10.4. The first-order chi connectivity index (χ1) is 12.5. The van der Waals surface area contributed by atoms with Crippen LogP contribution in [0.5, 0.6) is 0 Å². The average molecular weight is 376 g/mol. The lowest BCUT2D eigenvalue weighted by Gasteiger charge is -2.20. The first kappa shape index (κ1) is 18.6. The van der Waals surface area contributed by atoms with E-state index in [1.165, 1.54) is 12.1 Å². The van der Waals surface area contributed by atoms with E-state index in [-0.39, 0.29) is 10.8 Å². The van der Waals surface area contributed by atoms with Gasteiger partial charge in [-0.3, -0.25) is 4.79 Å². The SMILES string of the molecule is CCn1nccc1NC(=O)c1ccc(S(=O)(=O)N2CCCCCC2)cc1. The molecule has 0 radical (unpaired) electrons. The van der Waals surface area contributed by atoms with Crippen LogP contribution in [0.3, 0.4) is 0 Å². The third kappa shape index (κ3) is 3.96. The number of nitrogens with one attached hydrogen (secondary N) is 1. The van der Waals surface area contributed by atoms with Crippen molar-refractivity contribution in [1.82, 2.24) is 14.1 Å². The summed E-state index contributed by atoms with van der Waals surface area (Å²) in [6, 6.07) is 7.83. The molecular formula is C18H24N4O3S. The van der Waals surface area contributed by atoms with Crippen molar-refractivity contribution in [2.24, 2.45) is 0 Å². The molecular weight excluding hydrogens is 352 g/mol. The van der Waals surface area contributed by atoms with Crippen LogP contribution in [-0.2, 0) is 16.6 Å². The van der Waals surface area contributed by atoms with Crippen molar-refractivity contribution >= 4 is 21.7 Å². The van der Waals surface area contributed by atoms with Crippen molar-refractivity contribution < 1.29 is 13.2 Å². The van der Waals surface area contributed by atoms with Gasteiger partial charge in [0.25, 0.3) is 5.91 Å². The summed E-state index contributed by atoms with van der Waals surface area (Å²) in [5, 5.41) is 6.89. The van der Waals surface area contributed by atoms with Gasteiger partial charge in [0.1, 0.15) is 5.82 Å². The number of nitrogens with zero attached hydrogens (tertiary/aromatic N) is 3. The number of aromatic nitrogens is 2.